The molecule has 0 unspecified atom stereocenters. The number of nitrogens with zero attached hydrogens (tertiary/aromatic N) is 1. The summed E-state index contributed by atoms with van der Waals surface area (Å²) in [5, 5.41) is 12.9. The van der Waals surface area contributed by atoms with Gasteiger partial charge >= 0.3 is 12.1 Å². The van der Waals surface area contributed by atoms with Crippen LogP contribution in [0.5, 0.6) is 0 Å². The summed E-state index contributed by atoms with van der Waals surface area (Å²) in [6.07, 6.45) is -4.50. The van der Waals surface area contributed by atoms with E-state index in [1.807, 2.05) is 0 Å². The lowest BCUT2D eigenvalue weighted by Gasteiger charge is -2.09. The second-order valence-electron chi connectivity index (χ2n) is 5.23. The molecule has 2 rings (SSSR count). The van der Waals surface area contributed by atoms with E-state index in [4.69, 9.17) is 10.5 Å². The normalized spacial score (nSPS) is 10.9. The number of nitrogen functional groups attached to an aromatic ring is 1. The Morgan fingerprint density at radius 3 is 2.30 bits per heavy atom. The molecule has 11 heteroatoms. The third kappa shape index (κ3) is 5.17. The first kappa shape index (κ1) is 19.7. The van der Waals surface area contributed by atoms with Crippen LogP contribution in [0.1, 0.15) is 15.9 Å². The molecule has 0 aromatic heterocycles. The molecule has 0 radical (unpaired) electrons. The third-order valence-corrected chi connectivity index (χ3v) is 3.30. The van der Waals surface area contributed by atoms with Crippen molar-refractivity contribution in [3.05, 3.63) is 63.7 Å². The number of carbonyl (C=O) groups is 2. The lowest BCUT2D eigenvalue weighted by molar-refractivity contribution is -0.384. The van der Waals surface area contributed by atoms with Crippen LogP contribution in [0.3, 0.4) is 0 Å². The minimum atomic E-state index is -4.50. The SMILES string of the molecule is Nc1cc([N+](=O)[O-])ccc1C(=O)OCC(=O)Nc1ccc(C(F)(F)F)cc1. The van der Waals surface area contributed by atoms with Gasteiger partial charge in [0.2, 0.25) is 0 Å². The van der Waals surface area contributed by atoms with E-state index in [2.05, 4.69) is 5.32 Å². The van der Waals surface area contributed by atoms with Gasteiger partial charge < -0.3 is 15.8 Å². The van der Waals surface area contributed by atoms with E-state index in [1.165, 1.54) is 0 Å². The zero-order chi connectivity index (χ0) is 20.2. The summed E-state index contributed by atoms with van der Waals surface area (Å²) in [4.78, 5) is 33.5. The molecule has 0 spiro atoms. The number of nitro benzene ring substituents is 1. The first-order valence-corrected chi connectivity index (χ1v) is 7.26. The molecule has 0 saturated carbocycles. The lowest BCUT2D eigenvalue weighted by Crippen LogP contribution is -2.21. The van der Waals surface area contributed by atoms with E-state index in [1.54, 1.807) is 0 Å². The number of esters is 1. The number of hydrogen-bond acceptors (Lipinski definition) is 6. The molecule has 0 aliphatic heterocycles. The molecule has 142 valence electrons. The fraction of sp³-hybridized carbons (Fsp3) is 0.125. The van der Waals surface area contributed by atoms with Gasteiger partial charge in [-0.25, -0.2) is 4.79 Å². The largest absolute Gasteiger partial charge is 0.452 e. The van der Waals surface area contributed by atoms with Gasteiger partial charge in [0.15, 0.2) is 6.61 Å². The van der Waals surface area contributed by atoms with Crippen molar-refractivity contribution in [2.75, 3.05) is 17.7 Å². The molecule has 27 heavy (non-hydrogen) atoms. The molecule has 0 heterocycles. The van der Waals surface area contributed by atoms with E-state index in [0.29, 0.717) is 0 Å². The molecule has 0 bridgehead atoms. The van der Waals surface area contributed by atoms with Crippen molar-refractivity contribution < 1.29 is 32.4 Å². The highest BCUT2D eigenvalue weighted by atomic mass is 19.4. The van der Waals surface area contributed by atoms with Gasteiger partial charge in [0, 0.05) is 17.8 Å². The first-order chi connectivity index (χ1) is 12.6. The molecule has 0 aliphatic carbocycles. The molecule has 1 amide bonds. The number of non-ortho nitro benzene ring substituents is 1. The molecule has 0 aliphatic rings. The van der Waals surface area contributed by atoms with E-state index >= 15 is 0 Å². The van der Waals surface area contributed by atoms with Crippen molar-refractivity contribution in [1.82, 2.24) is 0 Å². The highest BCUT2D eigenvalue weighted by Gasteiger charge is 2.30. The Hall–Kier alpha value is -3.63. The summed E-state index contributed by atoms with van der Waals surface area (Å²) >= 11 is 0. The Bertz CT molecular complexity index is 882. The van der Waals surface area contributed by atoms with Crippen LogP contribution >= 0.6 is 0 Å². The average molecular weight is 383 g/mol. The number of hydrogen-bond donors (Lipinski definition) is 2. The number of ether oxygens (including phenoxy) is 1. The minimum Gasteiger partial charge on any atom is -0.452 e. The zero-order valence-corrected chi connectivity index (χ0v) is 13.4. The van der Waals surface area contributed by atoms with Crippen LogP contribution in [0.2, 0.25) is 0 Å². The number of nitrogens with one attached hydrogen (secondary N) is 1. The highest BCUT2D eigenvalue weighted by Crippen LogP contribution is 2.29. The number of alkyl halides is 3. The molecule has 0 fully saturated rings. The Morgan fingerprint density at radius 1 is 1.15 bits per heavy atom. The summed E-state index contributed by atoms with van der Waals surface area (Å²) in [5.41, 5.74) is 4.07. The summed E-state index contributed by atoms with van der Waals surface area (Å²) in [5.74, 6) is -1.77. The number of halogens is 3. The quantitative estimate of drug-likeness (QED) is 0.354. The second kappa shape index (κ2) is 7.72. The van der Waals surface area contributed by atoms with Gasteiger partial charge in [-0.1, -0.05) is 0 Å². The molecule has 3 N–H and O–H groups in total. The Morgan fingerprint density at radius 2 is 1.78 bits per heavy atom. The summed E-state index contributed by atoms with van der Waals surface area (Å²) in [6, 6.07) is 6.80. The molecular weight excluding hydrogens is 371 g/mol. The molecule has 0 atom stereocenters. The maximum atomic E-state index is 12.5. The smallest absolute Gasteiger partial charge is 0.416 e. The summed E-state index contributed by atoms with van der Waals surface area (Å²) in [7, 11) is 0. The Labute approximate surface area is 149 Å². The second-order valence-corrected chi connectivity index (χ2v) is 5.23. The van der Waals surface area contributed by atoms with E-state index in [9.17, 15) is 32.9 Å². The van der Waals surface area contributed by atoms with Gasteiger partial charge in [-0.3, -0.25) is 14.9 Å². The van der Waals surface area contributed by atoms with E-state index in [0.717, 1.165) is 42.5 Å². The van der Waals surface area contributed by atoms with Gasteiger partial charge in [0.1, 0.15) is 0 Å². The summed E-state index contributed by atoms with van der Waals surface area (Å²) < 4.78 is 42.1. The fourth-order valence-electron chi connectivity index (χ4n) is 2.00. The van der Waals surface area contributed by atoms with Gasteiger partial charge in [-0.15, -0.1) is 0 Å². The molecule has 2 aromatic carbocycles. The third-order valence-electron chi connectivity index (χ3n) is 3.30. The van der Waals surface area contributed by atoms with Gasteiger partial charge in [-0.2, -0.15) is 13.2 Å². The summed E-state index contributed by atoms with van der Waals surface area (Å²) in [6.45, 7) is -0.726. The number of nitrogens with two attached hydrogens (primary N) is 1. The average Bonchev–Trinajstić information content (AvgIpc) is 2.59. The number of carbonyl (C=O) groups excluding carboxylic acids is 2. The minimum absolute atomic E-state index is 0.0823. The Balaban J connectivity index is 1.93. The van der Waals surface area contributed by atoms with Crippen molar-refractivity contribution in [3.63, 3.8) is 0 Å². The zero-order valence-electron chi connectivity index (χ0n) is 13.4. The lowest BCUT2D eigenvalue weighted by atomic mass is 10.1. The van der Waals surface area contributed by atoms with Crippen molar-refractivity contribution >= 4 is 28.9 Å². The van der Waals surface area contributed by atoms with Crippen molar-refractivity contribution in [2.24, 2.45) is 0 Å². The Kier molecular flexibility index (Phi) is 5.63. The maximum absolute atomic E-state index is 12.5. The van der Waals surface area contributed by atoms with Crippen LogP contribution in [0.25, 0.3) is 0 Å². The number of benzene rings is 2. The first-order valence-electron chi connectivity index (χ1n) is 7.26. The molecule has 0 saturated heterocycles. The van der Waals surface area contributed by atoms with Crippen LogP contribution in [-0.4, -0.2) is 23.4 Å². The predicted molar refractivity (Wildman–Crippen MR) is 87.9 cm³/mol. The van der Waals surface area contributed by atoms with Crippen LogP contribution in [0, 0.1) is 10.1 Å². The van der Waals surface area contributed by atoms with E-state index in [-0.39, 0.29) is 22.6 Å². The van der Waals surface area contributed by atoms with E-state index < -0.39 is 35.1 Å². The highest BCUT2D eigenvalue weighted by molar-refractivity contribution is 5.98. The maximum Gasteiger partial charge on any atom is 0.416 e. The van der Waals surface area contributed by atoms with Crippen LogP contribution in [-0.2, 0) is 15.7 Å². The monoisotopic (exact) mass is 383 g/mol. The number of amides is 1. The van der Waals surface area contributed by atoms with Gasteiger partial charge in [0.05, 0.1) is 21.7 Å². The van der Waals surface area contributed by atoms with Gasteiger partial charge in [0.25, 0.3) is 11.6 Å². The van der Waals surface area contributed by atoms with Crippen LogP contribution in [0.15, 0.2) is 42.5 Å². The molecule has 8 nitrogen and oxygen atoms in total. The van der Waals surface area contributed by atoms with Crippen LogP contribution in [0.4, 0.5) is 30.2 Å². The fourth-order valence-corrected chi connectivity index (χ4v) is 2.00. The number of nitro groups is 1. The van der Waals surface area contributed by atoms with Crippen molar-refractivity contribution in [2.45, 2.75) is 6.18 Å². The molecular formula is C16H12F3N3O5. The van der Waals surface area contributed by atoms with Gasteiger partial charge in [-0.05, 0) is 30.3 Å². The van der Waals surface area contributed by atoms with Crippen molar-refractivity contribution in [1.29, 1.82) is 0 Å². The standard InChI is InChI=1S/C16H12F3N3O5/c17-16(18,19)9-1-3-10(4-2-9)21-14(23)8-27-15(24)12-6-5-11(22(25)26)7-13(12)20/h1-7H,8,20H2,(H,21,23). The number of rotatable bonds is 5. The number of anilines is 2. The topological polar surface area (TPSA) is 125 Å². The van der Waals surface area contributed by atoms with Crippen molar-refractivity contribution in [3.8, 4) is 0 Å². The van der Waals surface area contributed by atoms with Crippen LogP contribution < -0.4 is 11.1 Å². The molecule has 2 aromatic rings. The predicted octanol–water partition coefficient (Wildman–Crippen LogP) is 2.99.